The first kappa shape index (κ1) is 31.6. The number of benzene rings is 2. The van der Waals surface area contributed by atoms with Crippen LogP contribution in [-0.2, 0) is 14.4 Å². The molecule has 45 heavy (non-hydrogen) atoms. The molecule has 4 N–H and O–H groups in total. The summed E-state index contributed by atoms with van der Waals surface area (Å²) in [6.45, 7) is 7.83. The summed E-state index contributed by atoms with van der Waals surface area (Å²) in [6, 6.07) is 11.3. The number of para-hydroxylation sites is 1. The van der Waals surface area contributed by atoms with Crippen molar-refractivity contribution in [3.63, 3.8) is 0 Å². The van der Waals surface area contributed by atoms with Crippen LogP contribution in [0.3, 0.4) is 0 Å². The molecule has 1 aliphatic heterocycles. The fourth-order valence-corrected chi connectivity index (χ4v) is 5.46. The fourth-order valence-electron chi connectivity index (χ4n) is 5.46. The SMILES string of the molecule is CN[C@@H](C)C(=O)N[C@H](C(=O)N1CCCC1C(=O)Nc1cc2c(Nc3cnc4ccccc4c3)ncnc2cc1OC)C(C)(C)C. The topological polar surface area (TPSA) is 150 Å². The molecule has 5 rings (SSSR count). The average molecular weight is 613 g/mol. The van der Waals surface area contributed by atoms with Crippen LogP contribution in [0.5, 0.6) is 5.75 Å². The summed E-state index contributed by atoms with van der Waals surface area (Å²) in [7, 11) is 3.21. The van der Waals surface area contributed by atoms with Gasteiger partial charge in [0.25, 0.3) is 0 Å². The minimum Gasteiger partial charge on any atom is -0.494 e. The molecule has 1 unspecified atom stereocenters. The largest absolute Gasteiger partial charge is 0.494 e. The Hall–Kier alpha value is -4.84. The fraction of sp³-hybridized carbons (Fsp3) is 0.394. The Labute approximate surface area is 262 Å². The van der Waals surface area contributed by atoms with Crippen LogP contribution in [0.25, 0.3) is 21.8 Å². The highest BCUT2D eigenvalue weighted by molar-refractivity contribution is 6.03. The summed E-state index contributed by atoms with van der Waals surface area (Å²) in [5.41, 5.74) is 2.10. The molecular weight excluding hydrogens is 572 g/mol. The van der Waals surface area contributed by atoms with E-state index in [0.29, 0.717) is 47.5 Å². The van der Waals surface area contributed by atoms with Gasteiger partial charge in [0.1, 0.15) is 30.0 Å². The number of ether oxygens (including phenoxy) is 1. The van der Waals surface area contributed by atoms with Crippen molar-refractivity contribution in [3.05, 3.63) is 55.0 Å². The number of carbonyl (C=O) groups excluding carboxylic acids is 3. The van der Waals surface area contributed by atoms with Crippen molar-refractivity contribution >= 4 is 56.7 Å². The van der Waals surface area contributed by atoms with Gasteiger partial charge in [0.15, 0.2) is 0 Å². The third-order valence-corrected chi connectivity index (χ3v) is 8.13. The van der Waals surface area contributed by atoms with Crippen molar-refractivity contribution in [1.82, 2.24) is 30.5 Å². The molecule has 0 bridgehead atoms. The van der Waals surface area contributed by atoms with E-state index in [1.165, 1.54) is 13.4 Å². The molecule has 1 fully saturated rings. The minimum absolute atomic E-state index is 0.280. The number of hydrogen-bond acceptors (Lipinski definition) is 9. The van der Waals surface area contributed by atoms with E-state index in [-0.39, 0.29) is 17.7 Å². The third kappa shape index (κ3) is 6.80. The zero-order chi connectivity index (χ0) is 32.3. The molecule has 0 spiro atoms. The summed E-state index contributed by atoms with van der Waals surface area (Å²) < 4.78 is 5.62. The van der Waals surface area contributed by atoms with Crippen LogP contribution in [0.15, 0.2) is 55.0 Å². The number of carbonyl (C=O) groups is 3. The molecule has 0 saturated carbocycles. The second-order valence-electron chi connectivity index (χ2n) is 12.3. The van der Waals surface area contributed by atoms with E-state index in [9.17, 15) is 14.4 Å². The van der Waals surface area contributed by atoms with Crippen LogP contribution in [0.2, 0.25) is 0 Å². The molecule has 3 heterocycles. The van der Waals surface area contributed by atoms with Crippen molar-refractivity contribution < 1.29 is 19.1 Å². The van der Waals surface area contributed by atoms with Crippen molar-refractivity contribution in [3.8, 4) is 5.75 Å². The first-order chi connectivity index (χ1) is 21.5. The molecule has 2 aromatic carbocycles. The Balaban J connectivity index is 1.40. The Kier molecular flexibility index (Phi) is 9.14. The van der Waals surface area contributed by atoms with Gasteiger partial charge in [-0.2, -0.15) is 0 Å². The van der Waals surface area contributed by atoms with Crippen LogP contribution in [-0.4, -0.2) is 76.4 Å². The second kappa shape index (κ2) is 13.0. The highest BCUT2D eigenvalue weighted by Gasteiger charge is 2.42. The Morgan fingerprint density at radius 1 is 1.04 bits per heavy atom. The quantitative estimate of drug-likeness (QED) is 0.220. The van der Waals surface area contributed by atoms with E-state index >= 15 is 0 Å². The monoisotopic (exact) mass is 612 g/mol. The van der Waals surface area contributed by atoms with Crippen molar-refractivity contribution in [2.45, 2.75) is 58.7 Å². The maximum absolute atomic E-state index is 13.9. The van der Waals surface area contributed by atoms with Crippen molar-refractivity contribution in [1.29, 1.82) is 0 Å². The molecule has 0 aliphatic carbocycles. The first-order valence-electron chi connectivity index (χ1n) is 15.0. The molecule has 12 heteroatoms. The lowest BCUT2D eigenvalue weighted by Crippen LogP contribution is -2.59. The first-order valence-corrected chi connectivity index (χ1v) is 15.0. The lowest BCUT2D eigenvalue weighted by atomic mass is 9.85. The number of nitrogens with zero attached hydrogens (tertiary/aromatic N) is 4. The second-order valence-corrected chi connectivity index (χ2v) is 12.3. The van der Waals surface area contributed by atoms with E-state index in [1.54, 1.807) is 37.2 Å². The van der Waals surface area contributed by atoms with Gasteiger partial charge in [0.2, 0.25) is 17.7 Å². The maximum atomic E-state index is 13.9. The highest BCUT2D eigenvalue weighted by Crippen LogP contribution is 2.34. The van der Waals surface area contributed by atoms with E-state index in [4.69, 9.17) is 4.74 Å². The summed E-state index contributed by atoms with van der Waals surface area (Å²) in [6.07, 6.45) is 4.36. The van der Waals surface area contributed by atoms with Crippen LogP contribution < -0.4 is 26.0 Å². The standard InChI is InChI=1S/C33H40N8O4/c1-19(34-5)30(42)40-28(33(2,3)4)32(44)41-13-9-12-26(41)31(43)39-25-15-22-24(16-27(25)45-6)36-18-37-29(22)38-21-14-20-10-7-8-11-23(20)35-17-21/h7-8,10-11,14-19,26,28,34H,9,12-13H2,1-6H3,(H,39,43)(H,40,42)(H,36,37,38)/t19-,26?,28+/m0/s1. The Bertz CT molecular complexity index is 1740. The average Bonchev–Trinajstić information content (AvgIpc) is 3.52. The van der Waals surface area contributed by atoms with Gasteiger partial charge in [0, 0.05) is 23.4 Å². The van der Waals surface area contributed by atoms with Gasteiger partial charge in [-0.3, -0.25) is 19.4 Å². The number of likely N-dealkylation sites (tertiary alicyclic amines) is 1. The number of nitrogens with one attached hydrogen (secondary N) is 4. The number of aromatic nitrogens is 3. The number of amides is 3. The minimum atomic E-state index is -0.806. The molecule has 4 aromatic rings. The number of methoxy groups -OCH3 is 1. The van der Waals surface area contributed by atoms with Gasteiger partial charge in [-0.15, -0.1) is 0 Å². The number of pyridine rings is 1. The van der Waals surface area contributed by atoms with Crippen LogP contribution in [0.1, 0.15) is 40.5 Å². The number of likely N-dealkylation sites (N-methyl/N-ethyl adjacent to an activating group) is 1. The Morgan fingerprint density at radius 3 is 2.56 bits per heavy atom. The predicted molar refractivity (Wildman–Crippen MR) is 174 cm³/mol. The highest BCUT2D eigenvalue weighted by atomic mass is 16.5. The number of anilines is 3. The van der Waals surface area contributed by atoms with Crippen molar-refractivity contribution in [2.24, 2.45) is 5.41 Å². The lowest BCUT2D eigenvalue weighted by molar-refractivity contribution is -0.143. The van der Waals surface area contributed by atoms with Gasteiger partial charge >= 0.3 is 0 Å². The zero-order valence-corrected chi connectivity index (χ0v) is 26.5. The molecular formula is C33H40N8O4. The molecule has 1 aliphatic rings. The van der Waals surface area contributed by atoms with Gasteiger partial charge in [-0.05, 0) is 50.4 Å². The predicted octanol–water partition coefficient (Wildman–Crippen LogP) is 4.00. The summed E-state index contributed by atoms with van der Waals surface area (Å²) >= 11 is 0. The van der Waals surface area contributed by atoms with Gasteiger partial charge < -0.3 is 30.9 Å². The summed E-state index contributed by atoms with van der Waals surface area (Å²) in [5, 5.41) is 13.8. The van der Waals surface area contributed by atoms with E-state index in [0.717, 1.165) is 16.6 Å². The third-order valence-electron chi connectivity index (χ3n) is 8.13. The maximum Gasteiger partial charge on any atom is 0.247 e. The van der Waals surface area contributed by atoms with Gasteiger partial charge in [0.05, 0.1) is 41.8 Å². The van der Waals surface area contributed by atoms with Crippen LogP contribution in [0.4, 0.5) is 17.2 Å². The van der Waals surface area contributed by atoms with Crippen molar-refractivity contribution in [2.75, 3.05) is 31.3 Å². The van der Waals surface area contributed by atoms with Gasteiger partial charge in [-0.1, -0.05) is 39.0 Å². The van der Waals surface area contributed by atoms with Crippen LogP contribution in [0, 0.1) is 5.41 Å². The molecule has 12 nitrogen and oxygen atoms in total. The smallest absolute Gasteiger partial charge is 0.247 e. The Morgan fingerprint density at radius 2 is 1.82 bits per heavy atom. The van der Waals surface area contributed by atoms with E-state index in [1.807, 2.05) is 51.1 Å². The lowest BCUT2D eigenvalue weighted by Gasteiger charge is -2.36. The summed E-state index contributed by atoms with van der Waals surface area (Å²) in [5.74, 6) is 0.0485. The molecule has 3 amide bonds. The van der Waals surface area contributed by atoms with Gasteiger partial charge in [-0.25, -0.2) is 9.97 Å². The molecule has 0 radical (unpaired) electrons. The molecule has 1 saturated heterocycles. The number of hydrogen-bond donors (Lipinski definition) is 4. The molecule has 2 aromatic heterocycles. The summed E-state index contributed by atoms with van der Waals surface area (Å²) in [4.78, 5) is 55.3. The van der Waals surface area contributed by atoms with E-state index in [2.05, 4.69) is 36.2 Å². The zero-order valence-electron chi connectivity index (χ0n) is 26.5. The molecule has 3 atom stereocenters. The van der Waals surface area contributed by atoms with Crippen LogP contribution >= 0.6 is 0 Å². The normalized spacial score (nSPS) is 16.3. The number of rotatable bonds is 9. The molecule has 236 valence electrons. The number of fused-ring (bicyclic) bond motifs is 2. The van der Waals surface area contributed by atoms with E-state index < -0.39 is 23.5 Å².